The molecule has 0 spiro atoms. The molecule has 50 valence electrons. The maximum absolute atomic E-state index is 7.23. The summed E-state index contributed by atoms with van der Waals surface area (Å²) >= 11 is 0. The quantitative estimate of drug-likeness (QED) is 0.504. The van der Waals surface area contributed by atoms with Crippen LogP contribution in [-0.4, -0.2) is 18.3 Å². The zero-order valence-electron chi connectivity index (χ0n) is 5.33. The number of amidine groups is 1. The zero-order valence-corrected chi connectivity index (χ0v) is 5.33. The first kappa shape index (κ1) is 6.61. The van der Waals surface area contributed by atoms with Crippen LogP contribution >= 0.6 is 0 Å². The summed E-state index contributed by atoms with van der Waals surface area (Å²) in [7, 11) is 0. The second-order valence-corrected chi connectivity index (χ2v) is 1.77. The summed E-state index contributed by atoms with van der Waals surface area (Å²) in [5, 5.41) is 14.0. The average molecular weight is 133 g/mol. The minimum absolute atomic E-state index is 0.214. The van der Waals surface area contributed by atoms with Gasteiger partial charge in [-0.05, 0) is 18.2 Å². The molecule has 1 rings (SSSR count). The largest absolute Gasteiger partial charge is 0.309 e. The first-order chi connectivity index (χ1) is 4.84. The SMILES string of the molecule is N=C/C=C1/C=CC=NC1=N. The van der Waals surface area contributed by atoms with Crippen LogP contribution in [0.2, 0.25) is 0 Å². The Morgan fingerprint density at radius 2 is 2.30 bits per heavy atom. The highest BCUT2D eigenvalue weighted by Crippen LogP contribution is 2.02. The van der Waals surface area contributed by atoms with Crippen molar-refractivity contribution < 1.29 is 0 Å². The lowest BCUT2D eigenvalue weighted by Crippen LogP contribution is -1.99. The van der Waals surface area contributed by atoms with Crippen LogP contribution in [0, 0.1) is 10.8 Å². The second-order valence-electron chi connectivity index (χ2n) is 1.77. The summed E-state index contributed by atoms with van der Waals surface area (Å²) in [5.41, 5.74) is 0.678. The molecule has 0 aromatic rings. The predicted octanol–water partition coefficient (Wildman–Crippen LogP) is 1.18. The molecule has 1 aliphatic heterocycles. The summed E-state index contributed by atoms with van der Waals surface area (Å²) in [4.78, 5) is 3.73. The van der Waals surface area contributed by atoms with Crippen molar-refractivity contribution in [1.29, 1.82) is 10.8 Å². The van der Waals surface area contributed by atoms with E-state index >= 15 is 0 Å². The maximum atomic E-state index is 7.23. The highest BCUT2D eigenvalue weighted by molar-refractivity contribution is 6.08. The van der Waals surface area contributed by atoms with E-state index in [-0.39, 0.29) is 5.84 Å². The predicted molar refractivity (Wildman–Crippen MR) is 42.2 cm³/mol. The average Bonchev–Trinajstić information content (AvgIpc) is 1.94. The molecular formula is C7H7N3. The molecule has 0 amide bonds. The maximum Gasteiger partial charge on any atom is 0.151 e. The number of allylic oxidation sites excluding steroid dienone is 2. The van der Waals surface area contributed by atoms with Crippen LogP contribution < -0.4 is 0 Å². The van der Waals surface area contributed by atoms with E-state index in [1.165, 1.54) is 6.08 Å². The van der Waals surface area contributed by atoms with Crippen molar-refractivity contribution in [2.75, 3.05) is 0 Å². The van der Waals surface area contributed by atoms with Crippen molar-refractivity contribution in [2.45, 2.75) is 0 Å². The molecule has 1 heterocycles. The number of hydrogen-bond acceptors (Lipinski definition) is 2. The molecule has 0 saturated carbocycles. The lowest BCUT2D eigenvalue weighted by atomic mass is 10.2. The normalized spacial score (nSPS) is 20.0. The van der Waals surface area contributed by atoms with E-state index in [9.17, 15) is 0 Å². The molecule has 0 radical (unpaired) electrons. The van der Waals surface area contributed by atoms with Gasteiger partial charge in [-0.2, -0.15) is 0 Å². The molecule has 0 aliphatic carbocycles. The molecule has 0 fully saturated rings. The topological polar surface area (TPSA) is 60.1 Å². The van der Waals surface area contributed by atoms with Gasteiger partial charge in [0, 0.05) is 18.0 Å². The van der Waals surface area contributed by atoms with E-state index in [1.807, 2.05) is 0 Å². The van der Waals surface area contributed by atoms with Crippen molar-refractivity contribution in [3.8, 4) is 0 Å². The van der Waals surface area contributed by atoms with Gasteiger partial charge in [0.1, 0.15) is 0 Å². The highest BCUT2D eigenvalue weighted by Gasteiger charge is 1.99. The van der Waals surface area contributed by atoms with Gasteiger partial charge in [-0.25, -0.2) is 4.99 Å². The van der Waals surface area contributed by atoms with Crippen LogP contribution in [0.5, 0.6) is 0 Å². The smallest absolute Gasteiger partial charge is 0.151 e. The second kappa shape index (κ2) is 2.87. The molecule has 2 N–H and O–H groups in total. The van der Waals surface area contributed by atoms with Gasteiger partial charge in [0.05, 0.1) is 0 Å². The third-order valence-corrected chi connectivity index (χ3v) is 1.10. The minimum Gasteiger partial charge on any atom is -0.309 e. The van der Waals surface area contributed by atoms with Crippen LogP contribution in [0.1, 0.15) is 0 Å². The molecule has 0 unspecified atom stereocenters. The van der Waals surface area contributed by atoms with E-state index in [4.69, 9.17) is 10.8 Å². The molecule has 0 saturated heterocycles. The van der Waals surface area contributed by atoms with Crippen LogP contribution in [-0.2, 0) is 0 Å². The molecule has 1 aliphatic rings. The van der Waals surface area contributed by atoms with Crippen LogP contribution in [0.15, 0.2) is 28.8 Å². The van der Waals surface area contributed by atoms with Crippen molar-refractivity contribution in [3.63, 3.8) is 0 Å². The summed E-state index contributed by atoms with van der Waals surface area (Å²) in [6, 6.07) is 0. The van der Waals surface area contributed by atoms with E-state index in [0.717, 1.165) is 6.21 Å². The van der Waals surface area contributed by atoms with Gasteiger partial charge >= 0.3 is 0 Å². The Morgan fingerprint density at radius 1 is 1.50 bits per heavy atom. The van der Waals surface area contributed by atoms with Crippen LogP contribution in [0.3, 0.4) is 0 Å². The molecule has 0 atom stereocenters. The number of rotatable bonds is 1. The Hall–Kier alpha value is -1.51. The minimum atomic E-state index is 0.214. The van der Waals surface area contributed by atoms with E-state index < -0.39 is 0 Å². The zero-order chi connectivity index (χ0) is 7.40. The molecule has 3 heteroatoms. The van der Waals surface area contributed by atoms with Crippen molar-refractivity contribution in [3.05, 3.63) is 23.8 Å². The van der Waals surface area contributed by atoms with Crippen LogP contribution in [0.4, 0.5) is 0 Å². The standard InChI is InChI=1S/C7H7N3/c8-4-3-6-2-1-5-10-7(6)9/h1-5,8-9H/b6-3-,8-4?,9-7?. The van der Waals surface area contributed by atoms with Gasteiger partial charge < -0.3 is 5.41 Å². The van der Waals surface area contributed by atoms with Crippen molar-refractivity contribution in [1.82, 2.24) is 0 Å². The number of dihydropyridines is 1. The lowest BCUT2D eigenvalue weighted by molar-refractivity contribution is 1.42. The molecular weight excluding hydrogens is 126 g/mol. The highest BCUT2D eigenvalue weighted by atomic mass is 14.8. The molecule has 0 bridgehead atoms. The Labute approximate surface area is 58.8 Å². The molecule has 10 heavy (non-hydrogen) atoms. The van der Waals surface area contributed by atoms with Gasteiger partial charge in [-0.1, -0.05) is 0 Å². The Morgan fingerprint density at radius 3 is 2.90 bits per heavy atom. The Bertz CT molecular complexity index is 246. The van der Waals surface area contributed by atoms with Gasteiger partial charge in [-0.3, -0.25) is 5.41 Å². The van der Waals surface area contributed by atoms with Crippen LogP contribution in [0.25, 0.3) is 0 Å². The van der Waals surface area contributed by atoms with Gasteiger partial charge in [0.2, 0.25) is 0 Å². The number of aliphatic imine (C=N–C) groups is 1. The Balaban J connectivity index is 2.90. The van der Waals surface area contributed by atoms with Crippen molar-refractivity contribution in [2.24, 2.45) is 4.99 Å². The van der Waals surface area contributed by atoms with Gasteiger partial charge in [-0.15, -0.1) is 0 Å². The van der Waals surface area contributed by atoms with E-state index in [1.54, 1.807) is 18.4 Å². The fourth-order valence-corrected chi connectivity index (χ4v) is 0.642. The third-order valence-electron chi connectivity index (χ3n) is 1.10. The Kier molecular flexibility index (Phi) is 1.89. The lowest BCUT2D eigenvalue weighted by Gasteiger charge is -1.99. The summed E-state index contributed by atoms with van der Waals surface area (Å²) in [6.45, 7) is 0. The van der Waals surface area contributed by atoms with E-state index in [0.29, 0.717) is 5.57 Å². The number of nitrogens with zero attached hydrogens (tertiary/aromatic N) is 1. The van der Waals surface area contributed by atoms with E-state index in [2.05, 4.69) is 4.99 Å². The number of hydrogen-bond donors (Lipinski definition) is 2. The monoisotopic (exact) mass is 133 g/mol. The summed E-state index contributed by atoms with van der Waals surface area (Å²) in [6.07, 6.45) is 7.74. The molecule has 0 aromatic heterocycles. The first-order valence-corrected chi connectivity index (χ1v) is 2.85. The molecule has 3 nitrogen and oxygen atoms in total. The summed E-state index contributed by atoms with van der Waals surface area (Å²) < 4.78 is 0. The summed E-state index contributed by atoms with van der Waals surface area (Å²) in [5.74, 6) is 0.214. The fraction of sp³-hybridized carbons (Fsp3) is 0. The van der Waals surface area contributed by atoms with Crippen molar-refractivity contribution >= 4 is 18.3 Å². The number of nitrogens with one attached hydrogen (secondary N) is 2. The molecule has 0 aromatic carbocycles. The fourth-order valence-electron chi connectivity index (χ4n) is 0.642. The van der Waals surface area contributed by atoms with Gasteiger partial charge in [0.15, 0.2) is 5.84 Å². The third kappa shape index (κ3) is 1.25. The first-order valence-electron chi connectivity index (χ1n) is 2.85. The van der Waals surface area contributed by atoms with Gasteiger partial charge in [0.25, 0.3) is 0 Å².